The number of hydrogen-bond donors (Lipinski definition) is 2. The van der Waals surface area contributed by atoms with E-state index in [4.69, 9.17) is 14.2 Å². The molecule has 46 heavy (non-hydrogen) atoms. The first-order valence-corrected chi connectivity index (χ1v) is 14.3. The number of carbonyl (C=O) groups excluding carboxylic acids is 1. The van der Waals surface area contributed by atoms with Gasteiger partial charge in [0.05, 0.1) is 28.7 Å². The second-order valence-corrected chi connectivity index (χ2v) is 10.6. The maximum absolute atomic E-state index is 12.5. The van der Waals surface area contributed by atoms with Gasteiger partial charge in [-0.15, -0.1) is 0 Å². The molecule has 238 valence electrons. The van der Waals surface area contributed by atoms with Crippen LogP contribution < -0.4 is 14.2 Å². The Hall–Kier alpha value is -5.93. The number of aromatic amines is 1. The molecule has 0 bridgehead atoms. The van der Waals surface area contributed by atoms with Crippen LogP contribution in [0.4, 0.5) is 5.69 Å². The largest absolute Gasteiger partial charge is 0.772 e. The number of aromatic nitrogens is 4. The van der Waals surface area contributed by atoms with Crippen molar-refractivity contribution in [3.8, 4) is 46.7 Å². The van der Waals surface area contributed by atoms with Gasteiger partial charge in [0.25, 0.3) is 0 Å². The molecular formula is C28H24N7O10S-. The number of ether oxygens (including phenoxy) is 3. The summed E-state index contributed by atoms with van der Waals surface area (Å²) in [7, 11) is 3.15. The molecule has 0 saturated carbocycles. The predicted molar refractivity (Wildman–Crippen MR) is 157 cm³/mol. The molecule has 0 fully saturated rings. The summed E-state index contributed by atoms with van der Waals surface area (Å²) >= 11 is -2.92. The highest BCUT2D eigenvalue weighted by Gasteiger charge is 2.33. The van der Waals surface area contributed by atoms with Crippen LogP contribution in [0.3, 0.4) is 0 Å². The molecule has 0 radical (unpaired) electrons. The number of aliphatic carboxylic acids is 1. The Morgan fingerprint density at radius 1 is 1.17 bits per heavy atom. The van der Waals surface area contributed by atoms with Crippen LogP contribution in [0, 0.1) is 28.4 Å². The molecule has 0 aliphatic carbocycles. The Morgan fingerprint density at radius 2 is 1.91 bits per heavy atom. The number of nitrogens with zero attached hydrogens (tertiary/aromatic N) is 6. The predicted octanol–water partition coefficient (Wildman–Crippen LogP) is 2.88. The zero-order chi connectivity index (χ0) is 33.5. The number of imidazole rings is 1. The fourth-order valence-electron chi connectivity index (χ4n) is 3.87. The number of carboxylic acids is 1. The molecule has 2 atom stereocenters. The molecular weight excluding hydrogens is 626 g/mol. The third-order valence-corrected chi connectivity index (χ3v) is 6.70. The van der Waals surface area contributed by atoms with Crippen molar-refractivity contribution in [3.05, 3.63) is 75.6 Å². The number of aryl methyl sites for hydroxylation is 1. The number of carbonyl (C=O) groups is 2. The number of nitro groups is 1. The summed E-state index contributed by atoms with van der Waals surface area (Å²) in [6, 6.07) is 10.3. The van der Waals surface area contributed by atoms with Crippen LogP contribution in [0.1, 0.15) is 16.7 Å². The number of benzene rings is 2. The number of nitrogens with one attached hydrogen (secondary N) is 1. The van der Waals surface area contributed by atoms with Gasteiger partial charge in [-0.1, -0.05) is 17.1 Å². The van der Waals surface area contributed by atoms with Crippen LogP contribution >= 0.6 is 0 Å². The second kappa shape index (κ2) is 14.2. The lowest BCUT2D eigenvalue weighted by atomic mass is 10.1. The lowest BCUT2D eigenvalue weighted by molar-refractivity contribution is -0.387. The molecule has 0 aliphatic rings. The quantitative estimate of drug-likeness (QED) is 0.120. The molecule has 0 spiro atoms. The van der Waals surface area contributed by atoms with Crippen LogP contribution in [0.25, 0.3) is 11.4 Å². The van der Waals surface area contributed by atoms with Crippen molar-refractivity contribution in [1.29, 1.82) is 5.26 Å². The van der Waals surface area contributed by atoms with Gasteiger partial charge in [-0.2, -0.15) is 15.2 Å². The smallest absolute Gasteiger partial charge is 0.392 e. The maximum atomic E-state index is 12.5. The zero-order valence-electron chi connectivity index (χ0n) is 24.3. The third kappa shape index (κ3) is 8.16. The molecule has 2 unspecified atom stereocenters. The number of rotatable bonds is 13. The summed E-state index contributed by atoms with van der Waals surface area (Å²) < 4.78 is 39.4. The molecule has 2 N–H and O–H groups in total. The Labute approximate surface area is 262 Å². The van der Waals surface area contributed by atoms with E-state index in [1.54, 1.807) is 39.3 Å². The van der Waals surface area contributed by atoms with E-state index in [-0.39, 0.29) is 29.4 Å². The number of nitriles is 1. The number of H-pyrrole nitrogens is 1. The van der Waals surface area contributed by atoms with Crippen LogP contribution in [0.5, 0.6) is 29.3 Å². The first kappa shape index (κ1) is 33.0. The van der Waals surface area contributed by atoms with Gasteiger partial charge in [-0.25, -0.2) is 9.78 Å². The van der Waals surface area contributed by atoms with E-state index in [0.717, 1.165) is 0 Å². The maximum Gasteiger partial charge on any atom is 0.392 e. The second-order valence-electron chi connectivity index (χ2n) is 9.70. The summed E-state index contributed by atoms with van der Waals surface area (Å²) in [6.07, 6.45) is 0.871. The van der Waals surface area contributed by atoms with Crippen molar-refractivity contribution in [2.75, 3.05) is 19.8 Å². The standard InChI is InChI=1S/C28H25N7O10S/c1-15-4-5-16(13-29)10-20(15)45-28-32-25(23(35(39)40)26(33-28)44-21(27(37)38)14-46(41)42)43-19-9-17(11-22(36)34(2)3)8-18(12-19)24-30-6-7-31-24/h4-10,12,21H,11,14H2,1-3H3,(H,30,31)(H,37,38)(H,41,42)/p-1. The van der Waals surface area contributed by atoms with E-state index >= 15 is 0 Å². The van der Waals surface area contributed by atoms with E-state index in [2.05, 4.69) is 19.9 Å². The van der Waals surface area contributed by atoms with Gasteiger partial charge in [-0.05, 0) is 48.4 Å². The number of amides is 1. The summed E-state index contributed by atoms with van der Waals surface area (Å²) in [5, 5.41) is 31.1. The van der Waals surface area contributed by atoms with Crippen molar-refractivity contribution in [2.45, 2.75) is 19.4 Å². The normalized spacial score (nSPS) is 12.0. The van der Waals surface area contributed by atoms with Crippen LogP contribution in [-0.4, -0.2) is 81.5 Å². The Balaban J connectivity index is 1.88. The van der Waals surface area contributed by atoms with Crippen LogP contribution in [0.2, 0.25) is 0 Å². The molecule has 2 aromatic carbocycles. The Kier molecular flexibility index (Phi) is 10.2. The summed E-state index contributed by atoms with van der Waals surface area (Å²) in [5.41, 5.74) is 0.556. The minimum absolute atomic E-state index is 0.0488. The molecule has 2 heterocycles. The number of likely N-dealkylation sites (N-methyl/N-ethyl adjacent to an activating group) is 1. The van der Waals surface area contributed by atoms with Crippen molar-refractivity contribution < 1.29 is 42.6 Å². The minimum atomic E-state index is -2.92. The van der Waals surface area contributed by atoms with Gasteiger partial charge in [0, 0.05) is 32.1 Å². The lowest BCUT2D eigenvalue weighted by Crippen LogP contribution is -2.33. The summed E-state index contributed by atoms with van der Waals surface area (Å²) in [6.45, 7) is 1.64. The van der Waals surface area contributed by atoms with E-state index in [0.29, 0.717) is 22.5 Å². The summed E-state index contributed by atoms with van der Waals surface area (Å²) in [5.74, 6) is -4.40. The van der Waals surface area contributed by atoms with E-state index in [1.165, 1.54) is 35.4 Å². The highest BCUT2D eigenvalue weighted by atomic mass is 32.2. The average Bonchev–Trinajstić information content (AvgIpc) is 3.52. The van der Waals surface area contributed by atoms with Gasteiger partial charge < -0.3 is 33.8 Å². The zero-order valence-corrected chi connectivity index (χ0v) is 25.1. The fourth-order valence-corrected chi connectivity index (χ4v) is 4.33. The van der Waals surface area contributed by atoms with Gasteiger partial charge in [0.1, 0.15) is 17.3 Å². The third-order valence-electron chi connectivity index (χ3n) is 6.12. The van der Waals surface area contributed by atoms with Crippen molar-refractivity contribution in [3.63, 3.8) is 0 Å². The molecule has 4 aromatic rings. The molecule has 2 aromatic heterocycles. The van der Waals surface area contributed by atoms with Crippen molar-refractivity contribution >= 4 is 28.6 Å². The van der Waals surface area contributed by atoms with Gasteiger partial charge >= 0.3 is 29.4 Å². The molecule has 17 nitrogen and oxygen atoms in total. The molecule has 0 saturated heterocycles. The molecule has 1 amide bonds. The topological polar surface area (TPSA) is 247 Å². The highest BCUT2D eigenvalue weighted by Crippen LogP contribution is 2.40. The molecule has 0 aliphatic heterocycles. The first-order chi connectivity index (χ1) is 21.8. The SMILES string of the molecule is Cc1ccc(C#N)cc1Oc1nc(Oc2cc(CC(=O)N(C)C)cc(-c3ncc[nH]3)c2)c([N+](=O)[O-])c(OC(CS(=O)[O-])C(=O)O)n1. The monoisotopic (exact) mass is 650 g/mol. The van der Waals surface area contributed by atoms with E-state index < -0.39 is 57.3 Å². The summed E-state index contributed by atoms with van der Waals surface area (Å²) in [4.78, 5) is 52.0. The van der Waals surface area contributed by atoms with Crippen molar-refractivity contribution in [1.82, 2.24) is 24.8 Å². The average molecular weight is 651 g/mol. The van der Waals surface area contributed by atoms with Gasteiger partial charge in [0.2, 0.25) is 12.0 Å². The molecule has 18 heteroatoms. The van der Waals surface area contributed by atoms with Crippen LogP contribution in [-0.2, 0) is 27.1 Å². The molecule has 4 rings (SSSR count). The number of hydrogen-bond acceptors (Lipinski definition) is 13. The number of carboxylic acid groups (broad SMARTS) is 1. The first-order valence-electron chi connectivity index (χ1n) is 13.1. The highest BCUT2D eigenvalue weighted by molar-refractivity contribution is 7.79. The van der Waals surface area contributed by atoms with E-state index in [1.807, 2.05) is 6.07 Å². The fraction of sp³-hybridized carbons (Fsp3) is 0.214. The lowest BCUT2D eigenvalue weighted by Gasteiger charge is -2.17. The Bertz CT molecular complexity index is 1860. The van der Waals surface area contributed by atoms with Gasteiger partial charge in [0.15, 0.2) is 0 Å². The van der Waals surface area contributed by atoms with Gasteiger partial charge in [-0.3, -0.25) is 19.1 Å². The van der Waals surface area contributed by atoms with Crippen molar-refractivity contribution in [2.24, 2.45) is 0 Å². The van der Waals surface area contributed by atoms with E-state index in [9.17, 15) is 38.8 Å². The van der Waals surface area contributed by atoms with Crippen LogP contribution in [0.15, 0.2) is 48.8 Å². The minimum Gasteiger partial charge on any atom is -0.772 e. The Morgan fingerprint density at radius 3 is 2.52 bits per heavy atom.